The minimum absolute atomic E-state index is 0.166. The summed E-state index contributed by atoms with van der Waals surface area (Å²) in [5.74, 6) is 0.141. The van der Waals surface area contributed by atoms with Crippen molar-refractivity contribution in [3.05, 3.63) is 67.8 Å². The zero-order valence-corrected chi connectivity index (χ0v) is 13.9. The predicted octanol–water partition coefficient (Wildman–Crippen LogP) is 5.84. The van der Waals surface area contributed by atoms with Crippen LogP contribution < -0.4 is 0 Å². The number of carbonyl (C=O) groups excluding carboxylic acids is 1. The highest BCUT2D eigenvalue weighted by Gasteiger charge is 2.16. The van der Waals surface area contributed by atoms with E-state index in [4.69, 9.17) is 16.0 Å². The summed E-state index contributed by atoms with van der Waals surface area (Å²) in [6.07, 6.45) is 0. The third-order valence-electron chi connectivity index (χ3n) is 2.87. The zero-order valence-electron chi connectivity index (χ0n) is 9.99. The third-order valence-corrected chi connectivity index (χ3v) is 4.16. The molecule has 0 atom stereocenters. The second kappa shape index (κ2) is 5.35. The van der Waals surface area contributed by atoms with E-state index in [-0.39, 0.29) is 5.78 Å². The van der Waals surface area contributed by atoms with E-state index in [2.05, 4.69) is 31.9 Å². The summed E-state index contributed by atoms with van der Waals surface area (Å²) in [7, 11) is 0. The standard InChI is InChI=1S/C15H7Br2ClO2/c16-10-5-9-6-13(20-15(9)12(17)7-10)14(19)8-1-3-11(18)4-2-8/h1-7H. The van der Waals surface area contributed by atoms with E-state index in [1.807, 2.05) is 12.1 Å². The predicted molar refractivity (Wildman–Crippen MR) is 86.5 cm³/mol. The molecule has 0 unspecified atom stereocenters. The van der Waals surface area contributed by atoms with Gasteiger partial charge in [0.2, 0.25) is 5.78 Å². The maximum absolute atomic E-state index is 12.4. The van der Waals surface area contributed by atoms with Gasteiger partial charge in [-0.1, -0.05) is 27.5 Å². The Bertz CT molecular complexity index is 807. The maximum Gasteiger partial charge on any atom is 0.228 e. The van der Waals surface area contributed by atoms with Gasteiger partial charge in [0.25, 0.3) is 0 Å². The van der Waals surface area contributed by atoms with Gasteiger partial charge in [-0.05, 0) is 58.4 Å². The van der Waals surface area contributed by atoms with Crippen LogP contribution in [0.5, 0.6) is 0 Å². The lowest BCUT2D eigenvalue weighted by molar-refractivity contribution is 0.101. The quantitative estimate of drug-likeness (QED) is 0.493. The van der Waals surface area contributed by atoms with E-state index in [9.17, 15) is 4.79 Å². The van der Waals surface area contributed by atoms with Crippen LogP contribution in [0.1, 0.15) is 16.1 Å². The Morgan fingerprint density at radius 3 is 2.45 bits per heavy atom. The minimum atomic E-state index is -0.166. The van der Waals surface area contributed by atoms with E-state index in [1.165, 1.54) is 0 Å². The van der Waals surface area contributed by atoms with Gasteiger partial charge in [-0.3, -0.25) is 4.79 Å². The van der Waals surface area contributed by atoms with Crippen molar-refractivity contribution in [2.45, 2.75) is 0 Å². The monoisotopic (exact) mass is 412 g/mol. The van der Waals surface area contributed by atoms with Crippen molar-refractivity contribution >= 4 is 60.2 Å². The van der Waals surface area contributed by atoms with Gasteiger partial charge in [0.1, 0.15) is 5.58 Å². The Morgan fingerprint density at radius 2 is 1.75 bits per heavy atom. The summed E-state index contributed by atoms with van der Waals surface area (Å²) < 4.78 is 7.37. The second-order valence-electron chi connectivity index (χ2n) is 4.25. The maximum atomic E-state index is 12.4. The topological polar surface area (TPSA) is 30.2 Å². The average Bonchev–Trinajstić information content (AvgIpc) is 2.83. The number of hydrogen-bond donors (Lipinski definition) is 0. The van der Waals surface area contributed by atoms with Gasteiger partial charge < -0.3 is 4.42 Å². The van der Waals surface area contributed by atoms with E-state index < -0.39 is 0 Å². The fourth-order valence-corrected chi connectivity index (χ4v) is 3.40. The van der Waals surface area contributed by atoms with Crippen molar-refractivity contribution in [2.24, 2.45) is 0 Å². The number of hydrogen-bond acceptors (Lipinski definition) is 2. The van der Waals surface area contributed by atoms with Crippen LogP contribution in [0.3, 0.4) is 0 Å². The average molecular weight is 414 g/mol. The van der Waals surface area contributed by atoms with Gasteiger partial charge in [0.05, 0.1) is 4.47 Å². The first-order valence-electron chi connectivity index (χ1n) is 5.73. The van der Waals surface area contributed by atoms with E-state index in [0.29, 0.717) is 21.9 Å². The molecule has 3 rings (SSSR count). The number of halogens is 3. The molecule has 0 aliphatic heterocycles. The van der Waals surface area contributed by atoms with Crippen LogP contribution in [-0.4, -0.2) is 5.78 Å². The second-order valence-corrected chi connectivity index (χ2v) is 6.46. The molecular weight excluding hydrogens is 407 g/mol. The summed E-state index contributed by atoms with van der Waals surface area (Å²) in [6.45, 7) is 0. The lowest BCUT2D eigenvalue weighted by Gasteiger charge is -1.97. The van der Waals surface area contributed by atoms with Gasteiger partial charge in [0.15, 0.2) is 5.76 Å². The number of rotatable bonds is 2. The highest BCUT2D eigenvalue weighted by Crippen LogP contribution is 2.31. The molecule has 1 heterocycles. The van der Waals surface area contributed by atoms with Crippen LogP contribution in [0, 0.1) is 0 Å². The molecule has 0 aliphatic carbocycles. The Kier molecular flexibility index (Phi) is 3.71. The largest absolute Gasteiger partial charge is 0.451 e. The number of furan rings is 1. The van der Waals surface area contributed by atoms with Crippen molar-refractivity contribution in [1.29, 1.82) is 0 Å². The fourth-order valence-electron chi connectivity index (χ4n) is 1.93. The van der Waals surface area contributed by atoms with Crippen LogP contribution in [0.25, 0.3) is 11.0 Å². The fraction of sp³-hybridized carbons (Fsp3) is 0. The lowest BCUT2D eigenvalue weighted by Crippen LogP contribution is -1.98. The van der Waals surface area contributed by atoms with Crippen molar-refractivity contribution in [3.63, 3.8) is 0 Å². The number of ketones is 1. The van der Waals surface area contributed by atoms with Gasteiger partial charge in [-0.2, -0.15) is 0 Å². The molecule has 0 amide bonds. The van der Waals surface area contributed by atoms with E-state index in [0.717, 1.165) is 14.3 Å². The zero-order chi connectivity index (χ0) is 14.3. The van der Waals surface area contributed by atoms with Crippen LogP contribution in [0.15, 0.2) is 55.8 Å². The Morgan fingerprint density at radius 1 is 1.05 bits per heavy atom. The van der Waals surface area contributed by atoms with Gasteiger partial charge in [-0.25, -0.2) is 0 Å². The Balaban J connectivity index is 2.08. The molecule has 2 aromatic carbocycles. The van der Waals surface area contributed by atoms with Crippen LogP contribution in [0.2, 0.25) is 5.02 Å². The Labute approximate surface area is 137 Å². The molecule has 0 spiro atoms. The van der Waals surface area contributed by atoms with Crippen LogP contribution in [0.4, 0.5) is 0 Å². The van der Waals surface area contributed by atoms with Crippen molar-refractivity contribution in [1.82, 2.24) is 0 Å². The molecule has 0 bridgehead atoms. The molecule has 5 heteroatoms. The molecule has 0 radical (unpaired) electrons. The minimum Gasteiger partial charge on any atom is -0.451 e. The summed E-state index contributed by atoms with van der Waals surface area (Å²) in [4.78, 5) is 12.4. The molecule has 2 nitrogen and oxygen atoms in total. The molecule has 20 heavy (non-hydrogen) atoms. The summed E-state index contributed by atoms with van der Waals surface area (Å²) in [5, 5.41) is 1.46. The summed E-state index contributed by atoms with van der Waals surface area (Å²) in [5.41, 5.74) is 1.20. The summed E-state index contributed by atoms with van der Waals surface area (Å²) in [6, 6.07) is 12.3. The van der Waals surface area contributed by atoms with Gasteiger partial charge >= 0.3 is 0 Å². The molecule has 0 saturated carbocycles. The lowest BCUT2D eigenvalue weighted by atomic mass is 10.1. The Hall–Kier alpha value is -1.10. The van der Waals surface area contributed by atoms with Gasteiger partial charge in [-0.15, -0.1) is 0 Å². The molecule has 0 fully saturated rings. The van der Waals surface area contributed by atoms with Crippen molar-refractivity contribution in [2.75, 3.05) is 0 Å². The van der Waals surface area contributed by atoms with E-state index in [1.54, 1.807) is 30.3 Å². The molecule has 0 saturated heterocycles. The first-order valence-corrected chi connectivity index (χ1v) is 7.70. The van der Waals surface area contributed by atoms with Crippen LogP contribution in [-0.2, 0) is 0 Å². The highest BCUT2D eigenvalue weighted by atomic mass is 79.9. The molecule has 100 valence electrons. The number of carbonyl (C=O) groups is 1. The molecular formula is C15H7Br2ClO2. The van der Waals surface area contributed by atoms with Crippen LogP contribution >= 0.6 is 43.5 Å². The first-order chi connectivity index (χ1) is 9.54. The van der Waals surface area contributed by atoms with Gasteiger partial charge in [0, 0.05) is 20.4 Å². The first kappa shape index (κ1) is 13.9. The molecule has 0 N–H and O–H groups in total. The normalized spacial score (nSPS) is 10.9. The summed E-state index contributed by atoms with van der Waals surface area (Å²) >= 11 is 12.7. The molecule has 3 aromatic rings. The number of benzene rings is 2. The highest BCUT2D eigenvalue weighted by molar-refractivity contribution is 9.11. The van der Waals surface area contributed by atoms with E-state index >= 15 is 0 Å². The van der Waals surface area contributed by atoms with Crippen molar-refractivity contribution in [3.8, 4) is 0 Å². The number of fused-ring (bicyclic) bond motifs is 1. The molecule has 0 aliphatic rings. The smallest absolute Gasteiger partial charge is 0.228 e. The third kappa shape index (κ3) is 2.55. The molecule has 1 aromatic heterocycles. The SMILES string of the molecule is O=C(c1ccc(Cl)cc1)c1cc2cc(Br)cc(Br)c2o1. The van der Waals surface area contributed by atoms with Crippen molar-refractivity contribution < 1.29 is 9.21 Å².